The first-order chi connectivity index (χ1) is 11.8. The van der Waals surface area contributed by atoms with E-state index >= 15 is 0 Å². The van der Waals surface area contributed by atoms with Crippen molar-refractivity contribution in [1.29, 1.82) is 0 Å². The van der Waals surface area contributed by atoms with Gasteiger partial charge in [0.05, 0.1) is 5.25 Å². The van der Waals surface area contributed by atoms with Gasteiger partial charge in [0.25, 0.3) is 0 Å². The van der Waals surface area contributed by atoms with E-state index in [-0.39, 0.29) is 11.0 Å². The Morgan fingerprint density at radius 1 is 0.920 bits per heavy atom. The van der Waals surface area contributed by atoms with Crippen molar-refractivity contribution in [3.8, 4) is 5.75 Å². The number of esters is 3. The van der Waals surface area contributed by atoms with Gasteiger partial charge in [-0.25, -0.2) is 0 Å². The lowest BCUT2D eigenvalue weighted by molar-refractivity contribution is -0.182. The smallest absolute Gasteiger partial charge is 0.303 e. The molecule has 0 aromatic heterocycles. The third kappa shape index (κ3) is 5.12. The van der Waals surface area contributed by atoms with E-state index in [9.17, 15) is 19.5 Å². The molecule has 0 amide bonds. The SMILES string of the molecule is CC(=O)O[C@@H]1[C@@H](OC(C)=O)[C@H](c2ccc(O)cc2)SC[C@H]1OC(C)=O. The van der Waals surface area contributed by atoms with Gasteiger partial charge in [-0.3, -0.25) is 14.4 Å². The number of thioether (sulfide) groups is 1. The standard InChI is InChI=1S/C17H20O7S/c1-9(18)22-14-8-25-17(12-4-6-13(21)7-5-12)16(24-11(3)20)15(14)23-10(2)19/h4-7,14-17,21H,8H2,1-3H3/t14-,15+,16-,17+/m1/s1. The third-order valence-electron chi connectivity index (χ3n) is 3.57. The number of carbonyl (C=O) groups is 3. The van der Waals surface area contributed by atoms with Gasteiger partial charge in [0, 0.05) is 26.5 Å². The van der Waals surface area contributed by atoms with Gasteiger partial charge in [-0.2, -0.15) is 0 Å². The predicted octanol–water partition coefficient (Wildman–Crippen LogP) is 1.98. The minimum Gasteiger partial charge on any atom is -0.508 e. The van der Waals surface area contributed by atoms with Gasteiger partial charge in [-0.15, -0.1) is 11.8 Å². The summed E-state index contributed by atoms with van der Waals surface area (Å²) in [6.45, 7) is 3.77. The van der Waals surface area contributed by atoms with Crippen LogP contribution in [0.1, 0.15) is 31.6 Å². The number of ether oxygens (including phenoxy) is 3. The molecule has 25 heavy (non-hydrogen) atoms. The molecule has 1 heterocycles. The average molecular weight is 368 g/mol. The molecular weight excluding hydrogens is 348 g/mol. The lowest BCUT2D eigenvalue weighted by atomic mass is 9.98. The fourth-order valence-electron chi connectivity index (χ4n) is 2.69. The molecule has 2 rings (SSSR count). The minimum absolute atomic E-state index is 0.114. The van der Waals surface area contributed by atoms with Crippen LogP contribution >= 0.6 is 11.8 Å². The number of hydrogen-bond acceptors (Lipinski definition) is 8. The normalized spacial score (nSPS) is 25.7. The number of aromatic hydroxyl groups is 1. The van der Waals surface area contributed by atoms with Crippen molar-refractivity contribution in [3.63, 3.8) is 0 Å². The average Bonchev–Trinajstić information content (AvgIpc) is 2.50. The molecule has 1 saturated heterocycles. The van der Waals surface area contributed by atoms with E-state index < -0.39 is 36.2 Å². The molecule has 1 aliphatic heterocycles. The molecule has 0 radical (unpaired) electrons. The highest BCUT2D eigenvalue weighted by atomic mass is 32.2. The van der Waals surface area contributed by atoms with Crippen LogP contribution in [0.25, 0.3) is 0 Å². The summed E-state index contributed by atoms with van der Waals surface area (Å²) in [7, 11) is 0. The Bertz CT molecular complexity index is 643. The topological polar surface area (TPSA) is 99.1 Å². The Balaban J connectivity index is 2.36. The molecule has 1 aliphatic rings. The molecule has 1 fully saturated rings. The van der Waals surface area contributed by atoms with Crippen molar-refractivity contribution in [1.82, 2.24) is 0 Å². The third-order valence-corrected chi connectivity index (χ3v) is 4.99. The van der Waals surface area contributed by atoms with Gasteiger partial charge in [-0.05, 0) is 17.7 Å². The molecule has 0 saturated carbocycles. The Morgan fingerprint density at radius 2 is 1.44 bits per heavy atom. The van der Waals surface area contributed by atoms with E-state index in [4.69, 9.17) is 14.2 Å². The first-order valence-electron chi connectivity index (χ1n) is 7.70. The number of hydrogen-bond donors (Lipinski definition) is 1. The molecule has 0 bridgehead atoms. The molecule has 0 unspecified atom stereocenters. The quantitative estimate of drug-likeness (QED) is 0.636. The van der Waals surface area contributed by atoms with Crippen LogP contribution in [0.15, 0.2) is 24.3 Å². The van der Waals surface area contributed by atoms with Crippen LogP contribution in [-0.4, -0.2) is 47.1 Å². The second-order valence-corrected chi connectivity index (χ2v) is 6.82. The molecule has 136 valence electrons. The molecule has 1 aromatic rings. The number of phenols is 1. The lowest BCUT2D eigenvalue weighted by Gasteiger charge is -2.40. The van der Waals surface area contributed by atoms with Gasteiger partial charge in [-0.1, -0.05) is 12.1 Å². The lowest BCUT2D eigenvalue weighted by Crippen LogP contribution is -2.51. The first kappa shape index (κ1) is 19.1. The largest absolute Gasteiger partial charge is 0.508 e. The minimum atomic E-state index is -0.912. The highest BCUT2D eigenvalue weighted by Crippen LogP contribution is 2.43. The van der Waals surface area contributed by atoms with Crippen LogP contribution in [0, 0.1) is 0 Å². The molecule has 7 nitrogen and oxygen atoms in total. The first-order valence-corrected chi connectivity index (χ1v) is 8.75. The summed E-state index contributed by atoms with van der Waals surface area (Å²) in [5.41, 5.74) is 0.799. The monoisotopic (exact) mass is 368 g/mol. The maximum absolute atomic E-state index is 11.6. The summed E-state index contributed by atoms with van der Waals surface area (Å²) in [5, 5.41) is 9.13. The summed E-state index contributed by atoms with van der Waals surface area (Å²) in [4.78, 5) is 34.5. The van der Waals surface area contributed by atoms with Gasteiger partial charge in [0.1, 0.15) is 5.75 Å². The van der Waals surface area contributed by atoms with Crippen molar-refractivity contribution >= 4 is 29.7 Å². The fraction of sp³-hybridized carbons (Fsp3) is 0.471. The zero-order valence-electron chi connectivity index (χ0n) is 14.1. The van der Waals surface area contributed by atoms with Crippen molar-refractivity contribution in [2.24, 2.45) is 0 Å². The van der Waals surface area contributed by atoms with Gasteiger partial charge in [0.15, 0.2) is 18.3 Å². The van der Waals surface area contributed by atoms with Crippen LogP contribution in [0.4, 0.5) is 0 Å². The fourth-order valence-corrected chi connectivity index (χ4v) is 4.10. The molecule has 4 atom stereocenters. The highest BCUT2D eigenvalue weighted by molar-refractivity contribution is 7.99. The Morgan fingerprint density at radius 3 is 1.96 bits per heavy atom. The zero-order chi connectivity index (χ0) is 18.6. The molecule has 0 aliphatic carbocycles. The van der Waals surface area contributed by atoms with E-state index in [1.165, 1.54) is 44.7 Å². The Labute approximate surface area is 149 Å². The van der Waals surface area contributed by atoms with Crippen LogP contribution in [-0.2, 0) is 28.6 Å². The number of carbonyl (C=O) groups excluding carboxylic acids is 3. The Kier molecular flexibility index (Phi) is 6.30. The highest BCUT2D eigenvalue weighted by Gasteiger charge is 2.46. The van der Waals surface area contributed by atoms with E-state index in [0.29, 0.717) is 5.75 Å². The van der Waals surface area contributed by atoms with E-state index in [0.717, 1.165) is 5.56 Å². The number of benzene rings is 1. The van der Waals surface area contributed by atoms with E-state index in [2.05, 4.69) is 0 Å². The molecule has 1 N–H and O–H groups in total. The van der Waals surface area contributed by atoms with Crippen LogP contribution in [0.5, 0.6) is 5.75 Å². The van der Waals surface area contributed by atoms with Crippen molar-refractivity contribution in [3.05, 3.63) is 29.8 Å². The number of phenolic OH excluding ortho intramolecular Hbond substituents is 1. The molecule has 1 aromatic carbocycles. The molecule has 0 spiro atoms. The van der Waals surface area contributed by atoms with Crippen molar-refractivity contribution in [2.45, 2.75) is 44.3 Å². The second-order valence-electron chi connectivity index (χ2n) is 5.64. The van der Waals surface area contributed by atoms with Gasteiger partial charge >= 0.3 is 17.9 Å². The molecular formula is C17H20O7S. The summed E-state index contributed by atoms with van der Waals surface area (Å²) >= 11 is 1.43. The number of rotatable bonds is 4. The summed E-state index contributed by atoms with van der Waals surface area (Å²) in [6, 6.07) is 6.47. The van der Waals surface area contributed by atoms with Crippen LogP contribution in [0.2, 0.25) is 0 Å². The van der Waals surface area contributed by atoms with E-state index in [1.54, 1.807) is 12.1 Å². The van der Waals surface area contributed by atoms with Crippen LogP contribution in [0.3, 0.4) is 0 Å². The summed E-state index contributed by atoms with van der Waals surface area (Å²) < 4.78 is 16.0. The Hall–Kier alpha value is -2.22. The van der Waals surface area contributed by atoms with Crippen molar-refractivity contribution in [2.75, 3.05) is 5.75 Å². The maximum atomic E-state index is 11.6. The molecule has 8 heteroatoms. The van der Waals surface area contributed by atoms with Crippen molar-refractivity contribution < 1.29 is 33.7 Å². The predicted molar refractivity (Wildman–Crippen MR) is 90.0 cm³/mol. The second kappa shape index (κ2) is 8.24. The maximum Gasteiger partial charge on any atom is 0.303 e. The summed E-state index contributed by atoms with van der Waals surface area (Å²) in [6.07, 6.45) is -2.46. The van der Waals surface area contributed by atoms with Crippen LogP contribution < -0.4 is 0 Å². The summed E-state index contributed by atoms with van der Waals surface area (Å²) in [5.74, 6) is -1.11. The zero-order valence-corrected chi connectivity index (χ0v) is 14.9. The van der Waals surface area contributed by atoms with E-state index in [1.807, 2.05) is 0 Å². The van der Waals surface area contributed by atoms with Gasteiger partial charge in [0.2, 0.25) is 0 Å². The van der Waals surface area contributed by atoms with Gasteiger partial charge < -0.3 is 19.3 Å².